The molecule has 0 amide bonds. The number of aromatic nitrogens is 2. The van der Waals surface area contributed by atoms with Crippen LogP contribution < -0.4 is 20.7 Å². The number of fused-ring (bicyclic) bond motifs is 1. The van der Waals surface area contributed by atoms with Crippen molar-refractivity contribution in [2.45, 2.75) is 6.61 Å². The van der Waals surface area contributed by atoms with Gasteiger partial charge in [0.25, 0.3) is 5.56 Å². The molecule has 0 radical (unpaired) electrons. The van der Waals surface area contributed by atoms with E-state index in [9.17, 15) is 14.0 Å². The van der Waals surface area contributed by atoms with Crippen LogP contribution in [0.3, 0.4) is 0 Å². The van der Waals surface area contributed by atoms with E-state index >= 15 is 0 Å². The monoisotopic (exact) mass is 545 g/mol. The summed E-state index contributed by atoms with van der Waals surface area (Å²) in [6, 6.07) is 16.2. The molecule has 3 aromatic carbocycles. The smallest absolute Gasteiger partial charge is 0.349 e. The zero-order valence-electron chi connectivity index (χ0n) is 16.8. The van der Waals surface area contributed by atoms with Crippen LogP contribution in [0, 0.1) is 9.39 Å². The van der Waals surface area contributed by atoms with Gasteiger partial charge in [0.2, 0.25) is 0 Å². The fourth-order valence-electron chi connectivity index (χ4n) is 3.07. The molecular weight excluding hydrogens is 528 g/mol. The molecule has 0 bridgehead atoms. The van der Waals surface area contributed by atoms with E-state index < -0.39 is 11.2 Å². The van der Waals surface area contributed by atoms with Gasteiger partial charge in [-0.3, -0.25) is 4.79 Å². The highest BCUT2D eigenvalue weighted by atomic mass is 127. The van der Waals surface area contributed by atoms with E-state index in [4.69, 9.17) is 9.47 Å². The van der Waals surface area contributed by atoms with E-state index in [0.717, 1.165) is 13.8 Å². The minimum absolute atomic E-state index is 0.238. The Morgan fingerprint density at radius 2 is 1.88 bits per heavy atom. The summed E-state index contributed by atoms with van der Waals surface area (Å²) >= 11 is 2.10. The summed E-state index contributed by atoms with van der Waals surface area (Å²) in [4.78, 5) is 27.5. The Morgan fingerprint density at radius 3 is 2.62 bits per heavy atom. The number of hydrogen-bond donors (Lipinski definition) is 1. The minimum atomic E-state index is -0.633. The molecule has 0 saturated heterocycles. The van der Waals surface area contributed by atoms with Crippen molar-refractivity contribution in [2.24, 2.45) is 5.10 Å². The number of halogens is 2. The highest BCUT2D eigenvalue weighted by Crippen LogP contribution is 2.34. The molecule has 0 aliphatic heterocycles. The molecule has 0 unspecified atom stereocenters. The first kappa shape index (κ1) is 21.8. The Kier molecular flexibility index (Phi) is 6.35. The molecule has 0 saturated carbocycles. The van der Waals surface area contributed by atoms with Crippen LogP contribution in [0.5, 0.6) is 11.5 Å². The maximum absolute atomic E-state index is 13.1. The number of ether oxygens (including phenoxy) is 2. The quantitative estimate of drug-likeness (QED) is 0.294. The zero-order valence-corrected chi connectivity index (χ0v) is 19.0. The molecule has 1 aromatic heterocycles. The molecule has 1 N–H and O–H groups in total. The van der Waals surface area contributed by atoms with Crippen LogP contribution in [0.2, 0.25) is 0 Å². The molecule has 7 nitrogen and oxygen atoms in total. The third kappa shape index (κ3) is 4.57. The Bertz CT molecular complexity index is 1430. The van der Waals surface area contributed by atoms with Gasteiger partial charge in [-0.25, -0.2) is 9.18 Å². The van der Waals surface area contributed by atoms with Crippen LogP contribution in [0.1, 0.15) is 11.1 Å². The van der Waals surface area contributed by atoms with Crippen LogP contribution in [0.25, 0.3) is 10.9 Å². The first-order valence-corrected chi connectivity index (χ1v) is 10.6. The third-order valence-electron chi connectivity index (χ3n) is 4.65. The predicted molar refractivity (Wildman–Crippen MR) is 128 cm³/mol. The summed E-state index contributed by atoms with van der Waals surface area (Å²) in [7, 11) is 1.51. The first-order chi connectivity index (χ1) is 15.5. The van der Waals surface area contributed by atoms with Crippen molar-refractivity contribution in [1.29, 1.82) is 0 Å². The van der Waals surface area contributed by atoms with Gasteiger partial charge < -0.3 is 14.5 Å². The second-order valence-corrected chi connectivity index (χ2v) is 7.95. The summed E-state index contributed by atoms with van der Waals surface area (Å²) in [6.45, 7) is 0.238. The number of rotatable bonds is 6. The van der Waals surface area contributed by atoms with Crippen LogP contribution in [0.4, 0.5) is 4.39 Å². The number of benzene rings is 3. The highest BCUT2D eigenvalue weighted by molar-refractivity contribution is 14.1. The van der Waals surface area contributed by atoms with Gasteiger partial charge in [0.15, 0.2) is 11.5 Å². The number of aromatic amines is 1. The Morgan fingerprint density at radius 1 is 1.12 bits per heavy atom. The van der Waals surface area contributed by atoms with Gasteiger partial charge in [0.05, 0.1) is 27.8 Å². The Hall–Kier alpha value is -3.47. The highest BCUT2D eigenvalue weighted by Gasteiger charge is 2.12. The van der Waals surface area contributed by atoms with Crippen LogP contribution in [-0.4, -0.2) is 23.0 Å². The average Bonchev–Trinajstić information content (AvgIpc) is 2.79. The lowest BCUT2D eigenvalue weighted by molar-refractivity contribution is 0.282. The Balaban J connectivity index is 1.62. The van der Waals surface area contributed by atoms with Gasteiger partial charge in [-0.2, -0.15) is 5.10 Å². The molecule has 162 valence electrons. The number of para-hydroxylation sites is 1. The molecule has 0 aliphatic rings. The molecule has 0 atom stereocenters. The molecule has 4 aromatic rings. The number of hydrogen-bond acceptors (Lipinski definition) is 5. The number of methoxy groups -OCH3 is 1. The summed E-state index contributed by atoms with van der Waals surface area (Å²) in [6.07, 6.45) is 1.40. The van der Waals surface area contributed by atoms with E-state index in [0.29, 0.717) is 28.0 Å². The lowest BCUT2D eigenvalue weighted by Gasteiger charge is -2.13. The standard InChI is InChI=1S/C23H17FIN3O4/c1-31-20-11-15(10-18(25)21(20)32-13-14-6-8-16(24)9-7-14)12-26-28-22(29)17-4-2-3-5-19(17)27-23(28)30/h2-12H,13H2,1H3,(H,27,30). The van der Waals surface area contributed by atoms with E-state index in [-0.39, 0.29) is 12.4 Å². The Labute approximate surface area is 195 Å². The number of nitrogens with one attached hydrogen (secondary N) is 1. The summed E-state index contributed by atoms with van der Waals surface area (Å²) in [5.74, 6) is 0.671. The van der Waals surface area contributed by atoms with Gasteiger partial charge >= 0.3 is 5.69 Å². The van der Waals surface area contributed by atoms with E-state index in [2.05, 4.69) is 32.7 Å². The van der Waals surface area contributed by atoms with Crippen molar-refractivity contribution < 1.29 is 13.9 Å². The van der Waals surface area contributed by atoms with Gasteiger partial charge in [-0.15, -0.1) is 4.68 Å². The van der Waals surface area contributed by atoms with Crippen LogP contribution >= 0.6 is 22.6 Å². The van der Waals surface area contributed by atoms with Gasteiger partial charge in [0, 0.05) is 0 Å². The van der Waals surface area contributed by atoms with Crippen molar-refractivity contribution in [3.63, 3.8) is 0 Å². The molecular formula is C23H17FIN3O4. The average molecular weight is 545 g/mol. The van der Waals surface area contributed by atoms with Crippen LogP contribution in [-0.2, 0) is 6.61 Å². The molecule has 0 aliphatic carbocycles. The fourth-order valence-corrected chi connectivity index (χ4v) is 3.85. The lowest BCUT2D eigenvalue weighted by Crippen LogP contribution is -2.32. The summed E-state index contributed by atoms with van der Waals surface area (Å²) in [5, 5.41) is 4.44. The molecule has 0 fully saturated rings. The molecule has 0 spiro atoms. The maximum atomic E-state index is 13.1. The molecule has 1 heterocycles. The molecule has 32 heavy (non-hydrogen) atoms. The van der Waals surface area contributed by atoms with E-state index in [1.165, 1.54) is 25.5 Å². The van der Waals surface area contributed by atoms with Crippen molar-refractivity contribution in [1.82, 2.24) is 9.66 Å². The van der Waals surface area contributed by atoms with Crippen molar-refractivity contribution in [3.05, 3.63) is 102 Å². The van der Waals surface area contributed by atoms with Gasteiger partial charge in [-0.1, -0.05) is 24.3 Å². The fraction of sp³-hybridized carbons (Fsp3) is 0.0870. The van der Waals surface area contributed by atoms with Crippen molar-refractivity contribution >= 4 is 39.7 Å². The summed E-state index contributed by atoms with van der Waals surface area (Å²) in [5.41, 5.74) is 0.727. The number of nitrogens with zero attached hydrogens (tertiary/aromatic N) is 2. The van der Waals surface area contributed by atoms with Gasteiger partial charge in [-0.05, 0) is 70.1 Å². The molecule has 9 heteroatoms. The molecule has 4 rings (SSSR count). The van der Waals surface area contributed by atoms with Crippen LogP contribution in [0.15, 0.2) is 75.4 Å². The SMILES string of the molecule is COc1cc(C=Nn2c(=O)[nH]c3ccccc3c2=O)cc(I)c1OCc1ccc(F)cc1. The van der Waals surface area contributed by atoms with E-state index in [1.807, 2.05) is 0 Å². The lowest BCUT2D eigenvalue weighted by atomic mass is 10.2. The van der Waals surface area contributed by atoms with Crippen molar-refractivity contribution in [2.75, 3.05) is 7.11 Å². The predicted octanol–water partition coefficient (Wildman–Crippen LogP) is 3.90. The number of H-pyrrole nitrogens is 1. The summed E-state index contributed by atoms with van der Waals surface area (Å²) < 4.78 is 25.9. The van der Waals surface area contributed by atoms with Gasteiger partial charge in [0.1, 0.15) is 12.4 Å². The zero-order chi connectivity index (χ0) is 22.7. The normalized spacial score (nSPS) is 11.2. The second kappa shape index (κ2) is 9.35. The van der Waals surface area contributed by atoms with E-state index in [1.54, 1.807) is 48.5 Å². The van der Waals surface area contributed by atoms with Crippen molar-refractivity contribution in [3.8, 4) is 11.5 Å². The third-order valence-corrected chi connectivity index (χ3v) is 5.46. The second-order valence-electron chi connectivity index (χ2n) is 6.79. The minimum Gasteiger partial charge on any atom is -0.493 e. The maximum Gasteiger partial charge on any atom is 0.349 e. The topological polar surface area (TPSA) is 85.7 Å². The largest absolute Gasteiger partial charge is 0.493 e. The first-order valence-electron chi connectivity index (χ1n) is 9.49.